The van der Waals surface area contributed by atoms with Gasteiger partial charge in [-0.3, -0.25) is 24.2 Å². The molecule has 1 aliphatic carbocycles. The number of hydrogen-bond donors (Lipinski definition) is 4. The Labute approximate surface area is 309 Å². The van der Waals surface area contributed by atoms with E-state index in [1.54, 1.807) is 48.4 Å². The van der Waals surface area contributed by atoms with Gasteiger partial charge in [-0.05, 0) is 74.4 Å². The van der Waals surface area contributed by atoms with Crippen molar-refractivity contribution in [3.63, 3.8) is 0 Å². The number of nitrogens with one attached hydrogen (secondary N) is 2. The second kappa shape index (κ2) is 17.3. The highest BCUT2D eigenvalue weighted by Gasteiger charge is 2.35. The molecule has 0 saturated carbocycles. The second-order valence-electron chi connectivity index (χ2n) is 14.0. The fraction of sp³-hybridized carbons (Fsp3) is 0.462. The van der Waals surface area contributed by atoms with Crippen molar-refractivity contribution in [1.82, 2.24) is 20.1 Å². The van der Waals surface area contributed by atoms with E-state index in [1.807, 2.05) is 30.9 Å². The lowest BCUT2D eigenvalue weighted by Gasteiger charge is -2.32. The number of pyridine rings is 1. The third-order valence-corrected chi connectivity index (χ3v) is 9.76. The van der Waals surface area contributed by atoms with E-state index < -0.39 is 30.1 Å². The van der Waals surface area contributed by atoms with Gasteiger partial charge in [0.25, 0.3) is 5.91 Å². The van der Waals surface area contributed by atoms with E-state index in [4.69, 9.17) is 15.6 Å². The van der Waals surface area contributed by atoms with Crippen molar-refractivity contribution in [2.75, 3.05) is 31.5 Å². The summed E-state index contributed by atoms with van der Waals surface area (Å²) in [4.78, 5) is 76.2. The number of ether oxygens (including phenoxy) is 1. The Morgan fingerprint density at radius 1 is 1.11 bits per heavy atom. The molecule has 0 saturated heterocycles. The van der Waals surface area contributed by atoms with Gasteiger partial charge >= 0.3 is 12.1 Å². The predicted molar refractivity (Wildman–Crippen MR) is 200 cm³/mol. The normalized spacial score (nSPS) is 20.1. The SMILES string of the molecule is CCCN(CCC)C(=O)C1=Cc2ccc(C(=O)Nc3cnc4c(c3)CN(C(=O)OC3/C=C/CC[C@@](C)(C(=O)NCC(=O)O)CC3)CC4)cc2N=C(N)C1. The van der Waals surface area contributed by atoms with Crippen molar-refractivity contribution < 1.29 is 33.8 Å². The number of nitrogens with two attached hydrogens (primary N) is 1. The van der Waals surface area contributed by atoms with Gasteiger partial charge in [0.05, 0.1) is 24.1 Å². The van der Waals surface area contributed by atoms with Gasteiger partial charge in [0.2, 0.25) is 11.8 Å². The van der Waals surface area contributed by atoms with E-state index in [1.165, 1.54) is 0 Å². The molecule has 1 unspecified atom stereocenters. The second-order valence-corrected chi connectivity index (χ2v) is 14.0. The molecule has 1 aromatic heterocycles. The Bertz CT molecular complexity index is 1830. The summed E-state index contributed by atoms with van der Waals surface area (Å²) in [5, 5.41) is 14.3. The summed E-state index contributed by atoms with van der Waals surface area (Å²) < 4.78 is 5.86. The Balaban J connectivity index is 1.22. The molecule has 0 bridgehead atoms. The minimum Gasteiger partial charge on any atom is -0.480 e. The number of benzene rings is 1. The van der Waals surface area contributed by atoms with Crippen LogP contribution in [-0.4, -0.2) is 87.8 Å². The van der Waals surface area contributed by atoms with Crippen molar-refractivity contribution in [3.8, 4) is 0 Å². The van der Waals surface area contributed by atoms with E-state index in [9.17, 15) is 24.0 Å². The number of anilines is 1. The maximum atomic E-state index is 13.4. The predicted octanol–water partition coefficient (Wildman–Crippen LogP) is 4.96. The molecule has 4 amide bonds. The first-order valence-electron chi connectivity index (χ1n) is 18.3. The summed E-state index contributed by atoms with van der Waals surface area (Å²) in [5.41, 5.74) is 9.63. The first kappa shape index (κ1) is 38.7. The van der Waals surface area contributed by atoms with Crippen LogP contribution in [0.5, 0.6) is 0 Å². The molecule has 2 atom stereocenters. The van der Waals surface area contributed by atoms with E-state index in [0.29, 0.717) is 85.6 Å². The number of rotatable bonds is 11. The maximum Gasteiger partial charge on any atom is 0.410 e. The highest BCUT2D eigenvalue weighted by atomic mass is 16.6. The number of aromatic nitrogens is 1. The number of carbonyl (C=O) groups is 5. The molecule has 3 aliphatic rings. The molecule has 1 aromatic carbocycles. The number of fused-ring (bicyclic) bond motifs is 2. The fourth-order valence-electron chi connectivity index (χ4n) is 6.81. The van der Waals surface area contributed by atoms with Crippen LogP contribution in [0.2, 0.25) is 0 Å². The van der Waals surface area contributed by atoms with Crippen molar-refractivity contribution in [2.45, 2.75) is 84.8 Å². The molecule has 2 aromatic rings. The third-order valence-electron chi connectivity index (χ3n) is 9.76. The molecule has 53 heavy (non-hydrogen) atoms. The zero-order chi connectivity index (χ0) is 38.1. The van der Waals surface area contributed by atoms with Crippen LogP contribution >= 0.6 is 0 Å². The lowest BCUT2D eigenvalue weighted by Crippen LogP contribution is -2.42. The summed E-state index contributed by atoms with van der Waals surface area (Å²) in [7, 11) is 0. The van der Waals surface area contributed by atoms with Crippen molar-refractivity contribution in [1.29, 1.82) is 0 Å². The van der Waals surface area contributed by atoms with Gasteiger partial charge in [-0.15, -0.1) is 0 Å². The molecule has 0 spiro atoms. The molecule has 5 N–H and O–H groups in total. The lowest BCUT2D eigenvalue weighted by atomic mass is 9.78. The van der Waals surface area contributed by atoms with Gasteiger partial charge in [-0.25, -0.2) is 9.79 Å². The first-order chi connectivity index (χ1) is 25.4. The average molecular weight is 728 g/mol. The van der Waals surface area contributed by atoms with Crippen LogP contribution in [0.3, 0.4) is 0 Å². The lowest BCUT2D eigenvalue weighted by molar-refractivity contribution is -0.140. The number of carboxylic acids is 1. The van der Waals surface area contributed by atoms with Crippen LogP contribution in [0, 0.1) is 5.41 Å². The Morgan fingerprint density at radius 2 is 1.89 bits per heavy atom. The number of aliphatic imine (C=N–C) groups is 1. The molecule has 5 rings (SSSR count). The smallest absolute Gasteiger partial charge is 0.410 e. The van der Waals surface area contributed by atoms with Gasteiger partial charge in [0, 0.05) is 60.3 Å². The third kappa shape index (κ3) is 9.87. The topological polar surface area (TPSA) is 197 Å². The number of amides is 4. The number of carbonyl (C=O) groups excluding carboxylic acids is 4. The largest absolute Gasteiger partial charge is 0.480 e. The first-order valence-corrected chi connectivity index (χ1v) is 18.3. The molecule has 282 valence electrons. The summed E-state index contributed by atoms with van der Waals surface area (Å²) in [6.07, 6.45) is 10.5. The molecule has 0 radical (unpaired) electrons. The molecule has 2 aliphatic heterocycles. The van der Waals surface area contributed by atoms with Gasteiger partial charge in [-0.2, -0.15) is 0 Å². The average Bonchev–Trinajstić information content (AvgIpc) is 3.30. The maximum absolute atomic E-state index is 13.4. The Hall–Kier alpha value is -5.53. The van der Waals surface area contributed by atoms with Crippen molar-refractivity contribution >= 4 is 53.1 Å². The minimum absolute atomic E-state index is 0.0605. The Morgan fingerprint density at radius 3 is 2.62 bits per heavy atom. The van der Waals surface area contributed by atoms with Gasteiger partial charge < -0.3 is 36.0 Å². The van der Waals surface area contributed by atoms with Crippen LogP contribution in [-0.2, 0) is 32.1 Å². The standard InChI is InChI=1S/C39H49N7O7/c1-4-15-45(16-5-2)36(50)27-18-25-9-10-26(20-32(25)44-33(40)21-27)35(49)43-29-19-28-24-46(17-12-31(28)41-22-29)38(52)53-30-8-6-7-13-39(3,14-11-30)37(51)42-23-34(47)48/h6,8-10,18-20,22,30H,4-5,7,11-17,21,23-24H2,1-3H3,(H2,40,44)(H,42,51)(H,43,49)(H,47,48)/b8-6+/t30?,39-/m1/s1. The fourth-order valence-corrected chi connectivity index (χ4v) is 6.81. The number of allylic oxidation sites excluding steroid dienone is 1. The number of nitrogens with zero attached hydrogens (tertiary/aromatic N) is 4. The van der Waals surface area contributed by atoms with E-state index in [2.05, 4.69) is 20.6 Å². The summed E-state index contributed by atoms with van der Waals surface area (Å²) in [6.45, 7) is 7.40. The van der Waals surface area contributed by atoms with Crippen LogP contribution in [0.25, 0.3) is 6.08 Å². The quantitative estimate of drug-likeness (QED) is 0.231. The monoisotopic (exact) mass is 727 g/mol. The van der Waals surface area contributed by atoms with Crippen molar-refractivity contribution in [3.05, 3.63) is 70.6 Å². The van der Waals surface area contributed by atoms with Crippen LogP contribution in [0.15, 0.2) is 53.2 Å². The van der Waals surface area contributed by atoms with Gasteiger partial charge in [-0.1, -0.05) is 32.9 Å². The van der Waals surface area contributed by atoms with E-state index >= 15 is 0 Å². The van der Waals surface area contributed by atoms with Crippen molar-refractivity contribution in [2.24, 2.45) is 16.1 Å². The van der Waals surface area contributed by atoms with Crippen LogP contribution in [0.1, 0.15) is 92.9 Å². The molecular formula is C39H49N7O7. The summed E-state index contributed by atoms with van der Waals surface area (Å²) in [6, 6.07) is 6.89. The molecular weight excluding hydrogens is 678 g/mol. The van der Waals surface area contributed by atoms with E-state index in [-0.39, 0.29) is 30.7 Å². The molecule has 14 heteroatoms. The number of aliphatic carboxylic acids is 1. The zero-order valence-corrected chi connectivity index (χ0v) is 30.7. The minimum atomic E-state index is -1.11. The number of amidine groups is 1. The highest BCUT2D eigenvalue weighted by molar-refractivity contribution is 6.08. The number of carboxylic acid groups (broad SMARTS) is 1. The van der Waals surface area contributed by atoms with E-state index in [0.717, 1.165) is 24.1 Å². The zero-order valence-electron chi connectivity index (χ0n) is 30.7. The molecule has 14 nitrogen and oxygen atoms in total. The summed E-state index contributed by atoms with van der Waals surface area (Å²) in [5.74, 6) is -1.59. The Kier molecular flexibility index (Phi) is 12.6. The highest BCUT2D eigenvalue weighted by Crippen LogP contribution is 2.34. The van der Waals surface area contributed by atoms with Gasteiger partial charge in [0.1, 0.15) is 18.5 Å². The number of hydrogen-bond acceptors (Lipinski definition) is 9. The summed E-state index contributed by atoms with van der Waals surface area (Å²) >= 11 is 0. The van der Waals surface area contributed by atoms with Crippen LogP contribution < -0.4 is 16.4 Å². The van der Waals surface area contributed by atoms with Gasteiger partial charge in [0.15, 0.2) is 0 Å². The molecule has 0 fully saturated rings. The molecule has 3 heterocycles. The van der Waals surface area contributed by atoms with Crippen LogP contribution in [0.4, 0.5) is 16.2 Å².